The normalized spacial score (nSPS) is 11.5. The van der Waals surface area contributed by atoms with E-state index >= 15 is 0 Å². The van der Waals surface area contributed by atoms with Crippen LogP contribution < -0.4 is 10.6 Å². The van der Waals surface area contributed by atoms with Crippen molar-refractivity contribution in [1.29, 1.82) is 0 Å². The van der Waals surface area contributed by atoms with Gasteiger partial charge in [-0.1, -0.05) is 29.8 Å². The minimum atomic E-state index is -0.415. The highest BCUT2D eigenvalue weighted by Crippen LogP contribution is 2.24. The van der Waals surface area contributed by atoms with Gasteiger partial charge in [-0.15, -0.1) is 0 Å². The van der Waals surface area contributed by atoms with Gasteiger partial charge < -0.3 is 10.6 Å². The van der Waals surface area contributed by atoms with E-state index in [-0.39, 0.29) is 11.8 Å². The summed E-state index contributed by atoms with van der Waals surface area (Å²) in [6.45, 7) is 1.45. The van der Waals surface area contributed by atoms with Crippen molar-refractivity contribution in [3.63, 3.8) is 0 Å². The molecule has 3 aromatic rings. The third kappa shape index (κ3) is 5.41. The number of amides is 2. The molecule has 1 aromatic heterocycles. The fourth-order valence-electron chi connectivity index (χ4n) is 2.85. The van der Waals surface area contributed by atoms with E-state index in [1.165, 1.54) is 6.92 Å². The van der Waals surface area contributed by atoms with Crippen molar-refractivity contribution >= 4 is 34.8 Å². The largest absolute Gasteiger partial charge is 0.326 e. The summed E-state index contributed by atoms with van der Waals surface area (Å²) >= 11 is 5.99. The molecule has 0 spiro atoms. The summed E-state index contributed by atoms with van der Waals surface area (Å²) in [5.74, 6) is -0.697. The Morgan fingerprint density at radius 3 is 2.14 bits per heavy atom. The molecule has 0 aliphatic heterocycles. The number of nitrogens with zero attached hydrogens (tertiary/aromatic N) is 1. The van der Waals surface area contributed by atoms with Crippen LogP contribution in [0.15, 0.2) is 72.9 Å². The number of nitrogens with one attached hydrogen (secondary N) is 2. The molecule has 0 fully saturated rings. The highest BCUT2D eigenvalue weighted by molar-refractivity contribution is 6.30. The number of hydrogen-bond acceptors (Lipinski definition) is 3. The molecule has 0 bridgehead atoms. The van der Waals surface area contributed by atoms with Crippen molar-refractivity contribution in [3.05, 3.63) is 89.2 Å². The van der Waals surface area contributed by atoms with Crippen molar-refractivity contribution in [2.45, 2.75) is 19.3 Å². The van der Waals surface area contributed by atoms with Gasteiger partial charge in [0.2, 0.25) is 11.8 Å². The molecule has 0 saturated carbocycles. The second kappa shape index (κ2) is 9.15. The van der Waals surface area contributed by atoms with Gasteiger partial charge in [-0.25, -0.2) is 0 Å². The molecule has 2 aromatic carbocycles. The van der Waals surface area contributed by atoms with Crippen molar-refractivity contribution in [2.75, 3.05) is 10.6 Å². The van der Waals surface area contributed by atoms with Crippen LogP contribution in [0.5, 0.6) is 0 Å². The number of aromatic nitrogens is 1. The Labute approximate surface area is 168 Å². The molecule has 142 valence electrons. The van der Waals surface area contributed by atoms with Crippen LogP contribution in [-0.2, 0) is 16.0 Å². The van der Waals surface area contributed by atoms with E-state index in [2.05, 4.69) is 15.6 Å². The van der Waals surface area contributed by atoms with Crippen LogP contribution in [0.25, 0.3) is 0 Å². The summed E-state index contributed by atoms with van der Waals surface area (Å²) in [6.07, 6.45) is 2.19. The maximum absolute atomic E-state index is 13.0. The van der Waals surface area contributed by atoms with Gasteiger partial charge in [0.25, 0.3) is 0 Å². The lowest BCUT2D eigenvalue weighted by Gasteiger charge is -2.17. The van der Waals surface area contributed by atoms with Crippen LogP contribution >= 0.6 is 11.6 Å². The molecule has 1 heterocycles. The van der Waals surface area contributed by atoms with Gasteiger partial charge in [0, 0.05) is 41.6 Å². The van der Waals surface area contributed by atoms with Crippen molar-refractivity contribution in [2.24, 2.45) is 0 Å². The molecule has 0 saturated heterocycles. The molecule has 0 aliphatic rings. The maximum Gasteiger partial charge on any atom is 0.232 e. The van der Waals surface area contributed by atoms with E-state index in [4.69, 9.17) is 11.6 Å². The monoisotopic (exact) mass is 393 g/mol. The van der Waals surface area contributed by atoms with Crippen LogP contribution in [0.4, 0.5) is 11.4 Å². The molecule has 28 heavy (non-hydrogen) atoms. The minimum Gasteiger partial charge on any atom is -0.326 e. The molecule has 2 amide bonds. The molecule has 0 aliphatic carbocycles. The number of benzene rings is 2. The molecule has 2 N–H and O–H groups in total. The third-order valence-corrected chi connectivity index (χ3v) is 4.45. The van der Waals surface area contributed by atoms with Gasteiger partial charge in [0.05, 0.1) is 5.92 Å². The van der Waals surface area contributed by atoms with Crippen molar-refractivity contribution in [3.8, 4) is 0 Å². The Morgan fingerprint density at radius 1 is 0.929 bits per heavy atom. The number of pyridine rings is 1. The SMILES string of the molecule is CC(=O)Nc1ccc(NC(=O)C(Cc2ccccn2)c2ccc(Cl)cc2)cc1. The highest BCUT2D eigenvalue weighted by atomic mass is 35.5. The fourth-order valence-corrected chi connectivity index (χ4v) is 2.98. The molecule has 3 rings (SSSR count). The Morgan fingerprint density at radius 2 is 1.57 bits per heavy atom. The summed E-state index contributed by atoms with van der Waals surface area (Å²) in [6, 6.07) is 19.9. The zero-order valence-electron chi connectivity index (χ0n) is 15.4. The average Bonchev–Trinajstić information content (AvgIpc) is 2.69. The lowest BCUT2D eigenvalue weighted by Crippen LogP contribution is -2.23. The predicted octanol–water partition coefficient (Wildman–Crippen LogP) is 4.66. The molecular formula is C22H20ClN3O2. The van der Waals surface area contributed by atoms with Gasteiger partial charge >= 0.3 is 0 Å². The number of carbonyl (C=O) groups is 2. The van der Waals surface area contributed by atoms with E-state index in [0.717, 1.165) is 11.3 Å². The molecule has 5 nitrogen and oxygen atoms in total. The summed E-state index contributed by atoms with van der Waals surface area (Å²) in [5, 5.41) is 6.26. The highest BCUT2D eigenvalue weighted by Gasteiger charge is 2.22. The van der Waals surface area contributed by atoms with Crippen LogP contribution in [0.2, 0.25) is 5.02 Å². The smallest absolute Gasteiger partial charge is 0.232 e. The van der Waals surface area contributed by atoms with Crippen LogP contribution in [0.1, 0.15) is 24.1 Å². The van der Waals surface area contributed by atoms with Gasteiger partial charge in [-0.05, 0) is 54.1 Å². The number of rotatable bonds is 6. The first-order chi connectivity index (χ1) is 13.5. The van der Waals surface area contributed by atoms with Crippen LogP contribution in [0.3, 0.4) is 0 Å². The standard InChI is InChI=1S/C22H20ClN3O2/c1-15(27)25-18-9-11-19(12-10-18)26-22(28)21(14-20-4-2-3-13-24-20)16-5-7-17(23)8-6-16/h2-13,21H,14H2,1H3,(H,25,27)(H,26,28). The maximum atomic E-state index is 13.0. The second-order valence-corrected chi connectivity index (χ2v) is 6.81. The number of carbonyl (C=O) groups excluding carboxylic acids is 2. The quantitative estimate of drug-likeness (QED) is 0.639. The Kier molecular flexibility index (Phi) is 6.40. The van der Waals surface area contributed by atoms with Crippen molar-refractivity contribution < 1.29 is 9.59 Å². The topological polar surface area (TPSA) is 71.1 Å². The van der Waals surface area contributed by atoms with Gasteiger partial charge in [0.15, 0.2) is 0 Å². The molecule has 1 unspecified atom stereocenters. The van der Waals surface area contributed by atoms with E-state index in [1.54, 1.807) is 42.6 Å². The number of anilines is 2. The Balaban J connectivity index is 1.79. The van der Waals surface area contributed by atoms with E-state index < -0.39 is 5.92 Å². The van der Waals surface area contributed by atoms with E-state index in [0.29, 0.717) is 22.8 Å². The molecule has 0 radical (unpaired) electrons. The van der Waals surface area contributed by atoms with E-state index in [1.807, 2.05) is 30.3 Å². The predicted molar refractivity (Wildman–Crippen MR) is 112 cm³/mol. The Bertz CT molecular complexity index is 942. The lowest BCUT2D eigenvalue weighted by molar-refractivity contribution is -0.117. The first kappa shape index (κ1) is 19.6. The van der Waals surface area contributed by atoms with Gasteiger partial charge in [-0.3, -0.25) is 14.6 Å². The molecule has 6 heteroatoms. The first-order valence-corrected chi connectivity index (χ1v) is 9.23. The molecule has 1 atom stereocenters. The fraction of sp³-hybridized carbons (Fsp3) is 0.136. The third-order valence-electron chi connectivity index (χ3n) is 4.20. The van der Waals surface area contributed by atoms with E-state index in [9.17, 15) is 9.59 Å². The average molecular weight is 394 g/mol. The van der Waals surface area contributed by atoms with Gasteiger partial charge in [-0.2, -0.15) is 0 Å². The van der Waals surface area contributed by atoms with Crippen LogP contribution in [0, 0.1) is 0 Å². The van der Waals surface area contributed by atoms with Gasteiger partial charge in [0.1, 0.15) is 0 Å². The minimum absolute atomic E-state index is 0.139. The molecular weight excluding hydrogens is 374 g/mol. The van der Waals surface area contributed by atoms with Crippen LogP contribution in [-0.4, -0.2) is 16.8 Å². The first-order valence-electron chi connectivity index (χ1n) is 8.85. The summed E-state index contributed by atoms with van der Waals surface area (Å²) in [5.41, 5.74) is 3.02. The Hall–Kier alpha value is -3.18. The number of halogens is 1. The summed E-state index contributed by atoms with van der Waals surface area (Å²) in [7, 11) is 0. The van der Waals surface area contributed by atoms with Crippen molar-refractivity contribution in [1.82, 2.24) is 4.98 Å². The summed E-state index contributed by atoms with van der Waals surface area (Å²) in [4.78, 5) is 28.5. The second-order valence-electron chi connectivity index (χ2n) is 6.38. The lowest BCUT2D eigenvalue weighted by atomic mass is 9.93. The number of hydrogen-bond donors (Lipinski definition) is 2. The summed E-state index contributed by atoms with van der Waals surface area (Å²) < 4.78 is 0. The zero-order chi connectivity index (χ0) is 19.9. The zero-order valence-corrected chi connectivity index (χ0v) is 16.1.